The van der Waals surface area contributed by atoms with Gasteiger partial charge in [-0.1, -0.05) is 11.6 Å². The van der Waals surface area contributed by atoms with Crippen LogP contribution in [0, 0.1) is 22.7 Å². The number of carbonyl (C=O) groups excluding carboxylic acids is 1. The Morgan fingerprint density at radius 3 is 2.58 bits per heavy atom. The summed E-state index contributed by atoms with van der Waals surface area (Å²) in [7, 11) is 2.97. The fraction of sp³-hybridized carbons (Fsp3) is 0.462. The Bertz CT molecular complexity index is 1270. The lowest BCUT2D eigenvalue weighted by molar-refractivity contribution is -0.157. The number of halogens is 1. The minimum absolute atomic E-state index is 0.0140. The van der Waals surface area contributed by atoms with Gasteiger partial charge < -0.3 is 19.9 Å². The average Bonchev–Trinajstić information content (AvgIpc) is 2.80. The van der Waals surface area contributed by atoms with E-state index in [1.165, 1.54) is 31.0 Å². The Hall–Kier alpha value is -3.35. The molecule has 0 saturated heterocycles. The standard InChI is InChI=1S/C26H28ClN3O6/c1-35-6-5-21(24(32)29-18-11-26(12-18)9-16(10-26)25(33)34)30-14-22(36-2)20(8-23(30)31)19-7-17(27)4-3-15(19)13-28/h3-4,7-8,14,16,18,21H,5-6,9-12H2,1-2H3,(H,29,32)(H,33,34). The molecule has 2 fully saturated rings. The SMILES string of the molecule is COCCC(C(=O)NC1CC2(C1)CC(C(=O)O)C2)n1cc(OC)c(-c2cc(Cl)ccc2C#N)cc1=O. The Kier molecular flexibility index (Phi) is 7.38. The Morgan fingerprint density at radius 1 is 1.25 bits per heavy atom. The van der Waals surface area contributed by atoms with Gasteiger partial charge in [-0.2, -0.15) is 5.26 Å². The van der Waals surface area contributed by atoms with Gasteiger partial charge in [-0.05, 0) is 49.3 Å². The molecular formula is C26H28ClN3O6. The number of ether oxygens (including phenoxy) is 2. The molecule has 36 heavy (non-hydrogen) atoms. The highest BCUT2D eigenvalue weighted by Crippen LogP contribution is 2.58. The van der Waals surface area contributed by atoms with Gasteiger partial charge in [-0.15, -0.1) is 0 Å². The van der Waals surface area contributed by atoms with Gasteiger partial charge in [0.05, 0.1) is 30.9 Å². The number of carbonyl (C=O) groups is 2. The van der Waals surface area contributed by atoms with Crippen LogP contribution in [0.4, 0.5) is 0 Å². The zero-order valence-corrected chi connectivity index (χ0v) is 20.9. The molecule has 1 aromatic heterocycles. The molecule has 2 N–H and O–H groups in total. The molecule has 190 valence electrons. The first-order valence-electron chi connectivity index (χ1n) is 11.7. The third-order valence-corrected chi connectivity index (χ3v) is 7.54. The normalized spacial score (nSPS) is 23.2. The lowest BCUT2D eigenvalue weighted by Crippen LogP contribution is -2.58. The predicted octanol–water partition coefficient (Wildman–Crippen LogP) is 3.39. The summed E-state index contributed by atoms with van der Waals surface area (Å²) in [5.41, 5.74) is 0.787. The van der Waals surface area contributed by atoms with Gasteiger partial charge in [0.2, 0.25) is 5.91 Å². The molecule has 9 nitrogen and oxygen atoms in total. The quantitative estimate of drug-likeness (QED) is 0.525. The number of carboxylic acid groups (broad SMARTS) is 1. The first-order valence-corrected chi connectivity index (χ1v) is 12.1. The van der Waals surface area contributed by atoms with Crippen LogP contribution in [0.15, 0.2) is 35.3 Å². The molecule has 1 atom stereocenters. The zero-order valence-electron chi connectivity index (χ0n) is 20.1. The minimum Gasteiger partial charge on any atom is -0.495 e. The van der Waals surface area contributed by atoms with Crippen LogP contribution in [-0.4, -0.2) is 48.4 Å². The summed E-state index contributed by atoms with van der Waals surface area (Å²) in [5.74, 6) is -1.04. The third-order valence-electron chi connectivity index (χ3n) is 7.30. The topological polar surface area (TPSA) is 131 Å². The monoisotopic (exact) mass is 513 g/mol. The number of nitriles is 1. The van der Waals surface area contributed by atoms with Crippen LogP contribution in [0.3, 0.4) is 0 Å². The van der Waals surface area contributed by atoms with Crippen molar-refractivity contribution < 1.29 is 24.2 Å². The molecule has 1 unspecified atom stereocenters. The van der Waals surface area contributed by atoms with Crippen molar-refractivity contribution in [3.05, 3.63) is 51.4 Å². The highest BCUT2D eigenvalue weighted by atomic mass is 35.5. The molecular weight excluding hydrogens is 486 g/mol. The summed E-state index contributed by atoms with van der Waals surface area (Å²) in [4.78, 5) is 37.6. The Labute approximate surface area is 213 Å². The number of hydrogen-bond donors (Lipinski definition) is 2. The van der Waals surface area contributed by atoms with Crippen molar-refractivity contribution >= 4 is 23.5 Å². The van der Waals surface area contributed by atoms with Crippen LogP contribution in [0.5, 0.6) is 5.75 Å². The molecule has 2 aromatic rings. The number of nitrogens with zero attached hydrogens (tertiary/aromatic N) is 2. The molecule has 10 heteroatoms. The average molecular weight is 514 g/mol. The van der Waals surface area contributed by atoms with Gasteiger partial charge in [0.15, 0.2) is 0 Å². The minimum atomic E-state index is -0.833. The highest BCUT2D eigenvalue weighted by Gasteiger charge is 2.55. The zero-order chi connectivity index (χ0) is 26.0. The van der Waals surface area contributed by atoms with Gasteiger partial charge in [0, 0.05) is 48.4 Å². The second kappa shape index (κ2) is 10.3. The molecule has 1 heterocycles. The molecule has 0 radical (unpaired) electrons. The molecule has 1 aromatic carbocycles. The summed E-state index contributed by atoms with van der Waals surface area (Å²) >= 11 is 6.14. The smallest absolute Gasteiger partial charge is 0.306 e. The highest BCUT2D eigenvalue weighted by molar-refractivity contribution is 6.31. The second-order valence-corrected chi connectivity index (χ2v) is 10.1. The van der Waals surface area contributed by atoms with Crippen molar-refractivity contribution in [1.82, 2.24) is 9.88 Å². The van der Waals surface area contributed by atoms with Crippen LogP contribution < -0.4 is 15.6 Å². The maximum absolute atomic E-state index is 13.3. The van der Waals surface area contributed by atoms with Crippen molar-refractivity contribution in [3.63, 3.8) is 0 Å². The van der Waals surface area contributed by atoms with E-state index in [9.17, 15) is 19.6 Å². The number of aliphatic carboxylic acids is 1. The number of aromatic nitrogens is 1. The van der Waals surface area contributed by atoms with E-state index in [1.54, 1.807) is 18.2 Å². The fourth-order valence-electron chi connectivity index (χ4n) is 5.49. The lowest BCUT2D eigenvalue weighted by Gasteiger charge is -2.56. The number of benzene rings is 1. The van der Waals surface area contributed by atoms with Gasteiger partial charge in [0.25, 0.3) is 5.56 Å². The van der Waals surface area contributed by atoms with Crippen molar-refractivity contribution in [2.24, 2.45) is 11.3 Å². The molecule has 2 aliphatic carbocycles. The molecule has 2 aliphatic rings. The number of carboxylic acids is 1. The van der Waals surface area contributed by atoms with E-state index < -0.39 is 17.6 Å². The van der Waals surface area contributed by atoms with E-state index in [1.807, 2.05) is 0 Å². The van der Waals surface area contributed by atoms with Crippen molar-refractivity contribution in [2.75, 3.05) is 20.8 Å². The Balaban J connectivity index is 1.57. The lowest BCUT2D eigenvalue weighted by atomic mass is 9.50. The summed E-state index contributed by atoms with van der Waals surface area (Å²) in [6.45, 7) is 0.260. The van der Waals surface area contributed by atoms with E-state index in [4.69, 9.17) is 26.2 Å². The van der Waals surface area contributed by atoms with E-state index in [0.29, 0.717) is 40.3 Å². The number of pyridine rings is 1. The van der Waals surface area contributed by atoms with E-state index in [0.717, 1.165) is 12.8 Å². The van der Waals surface area contributed by atoms with Gasteiger partial charge >= 0.3 is 5.97 Å². The molecule has 0 aliphatic heterocycles. The van der Waals surface area contributed by atoms with Crippen molar-refractivity contribution in [3.8, 4) is 22.9 Å². The van der Waals surface area contributed by atoms with Crippen LogP contribution in [0.25, 0.3) is 11.1 Å². The molecule has 0 bridgehead atoms. The largest absolute Gasteiger partial charge is 0.495 e. The number of amides is 1. The first-order chi connectivity index (χ1) is 17.2. The van der Waals surface area contributed by atoms with Gasteiger partial charge in [-0.25, -0.2) is 0 Å². The van der Waals surface area contributed by atoms with E-state index in [2.05, 4.69) is 11.4 Å². The fourth-order valence-corrected chi connectivity index (χ4v) is 5.66. The summed E-state index contributed by atoms with van der Waals surface area (Å²) < 4.78 is 12.0. The van der Waals surface area contributed by atoms with Crippen LogP contribution >= 0.6 is 11.6 Å². The van der Waals surface area contributed by atoms with Gasteiger partial charge in [0.1, 0.15) is 11.8 Å². The van der Waals surface area contributed by atoms with E-state index in [-0.39, 0.29) is 36.3 Å². The van der Waals surface area contributed by atoms with Crippen molar-refractivity contribution in [2.45, 2.75) is 44.2 Å². The number of rotatable bonds is 9. The summed E-state index contributed by atoms with van der Waals surface area (Å²) in [6.07, 6.45) is 4.52. The molecule has 1 spiro atoms. The maximum Gasteiger partial charge on any atom is 0.306 e. The Morgan fingerprint density at radius 2 is 1.97 bits per heavy atom. The predicted molar refractivity (Wildman–Crippen MR) is 132 cm³/mol. The molecule has 1 amide bonds. The summed E-state index contributed by atoms with van der Waals surface area (Å²) in [6, 6.07) is 7.32. The van der Waals surface area contributed by atoms with Crippen molar-refractivity contribution in [1.29, 1.82) is 5.26 Å². The number of hydrogen-bond acceptors (Lipinski definition) is 6. The van der Waals surface area contributed by atoms with Crippen LogP contribution in [-0.2, 0) is 14.3 Å². The third kappa shape index (κ3) is 4.97. The van der Waals surface area contributed by atoms with E-state index >= 15 is 0 Å². The second-order valence-electron chi connectivity index (χ2n) is 9.66. The van der Waals surface area contributed by atoms with Crippen LogP contribution in [0.1, 0.15) is 43.7 Å². The summed E-state index contributed by atoms with van der Waals surface area (Å²) in [5, 5.41) is 22.1. The number of methoxy groups -OCH3 is 2. The first kappa shape index (κ1) is 25.7. The number of nitrogens with one attached hydrogen (secondary N) is 1. The van der Waals surface area contributed by atoms with Gasteiger partial charge in [-0.3, -0.25) is 19.0 Å². The maximum atomic E-state index is 13.3. The van der Waals surface area contributed by atoms with Crippen LogP contribution in [0.2, 0.25) is 5.02 Å². The molecule has 2 saturated carbocycles. The molecule has 4 rings (SSSR count).